The van der Waals surface area contributed by atoms with Gasteiger partial charge in [-0.1, -0.05) is 31.2 Å². The largest absolute Gasteiger partial charge is 0.493 e. The lowest BCUT2D eigenvalue weighted by molar-refractivity contribution is 0.283. The van der Waals surface area contributed by atoms with Crippen molar-refractivity contribution in [3.63, 3.8) is 0 Å². The number of ether oxygens (including phenoxy) is 1. The van der Waals surface area contributed by atoms with Crippen LogP contribution < -0.4 is 9.64 Å². The molecule has 0 bridgehead atoms. The number of fused-ring (bicyclic) bond motifs is 1. The van der Waals surface area contributed by atoms with Crippen molar-refractivity contribution in [1.29, 1.82) is 5.26 Å². The van der Waals surface area contributed by atoms with Gasteiger partial charge in [-0.25, -0.2) is 9.97 Å². The van der Waals surface area contributed by atoms with Crippen LogP contribution in [0, 0.1) is 29.1 Å². The van der Waals surface area contributed by atoms with Gasteiger partial charge in [-0.05, 0) is 59.2 Å². The Balaban J connectivity index is 1.12. The third kappa shape index (κ3) is 3.61. The van der Waals surface area contributed by atoms with Crippen molar-refractivity contribution in [2.24, 2.45) is 17.8 Å². The van der Waals surface area contributed by atoms with Gasteiger partial charge >= 0.3 is 0 Å². The second kappa shape index (κ2) is 7.79. The molecular formula is C25H24N4O. The first-order valence-corrected chi connectivity index (χ1v) is 10.5. The molecule has 1 aliphatic carbocycles. The average molecular weight is 396 g/mol. The summed E-state index contributed by atoms with van der Waals surface area (Å²) >= 11 is 0. The molecule has 2 aliphatic rings. The molecule has 2 heterocycles. The summed E-state index contributed by atoms with van der Waals surface area (Å²) < 4.78 is 6.07. The lowest BCUT2D eigenvalue weighted by Crippen LogP contribution is -2.27. The minimum Gasteiger partial charge on any atom is -0.493 e. The van der Waals surface area contributed by atoms with Crippen molar-refractivity contribution in [3.05, 3.63) is 72.1 Å². The summed E-state index contributed by atoms with van der Waals surface area (Å²) in [5.41, 5.74) is 4.09. The van der Waals surface area contributed by atoms with Crippen LogP contribution in [0.1, 0.15) is 18.1 Å². The number of piperidine rings is 1. The number of rotatable bonds is 6. The van der Waals surface area contributed by atoms with Crippen molar-refractivity contribution < 1.29 is 4.74 Å². The third-order valence-corrected chi connectivity index (χ3v) is 6.40. The zero-order valence-electron chi connectivity index (χ0n) is 17.0. The molecule has 1 saturated heterocycles. The van der Waals surface area contributed by atoms with Crippen molar-refractivity contribution in [1.82, 2.24) is 9.97 Å². The number of aryl methyl sites for hydroxylation is 1. The Morgan fingerprint density at radius 3 is 2.13 bits per heavy atom. The van der Waals surface area contributed by atoms with Crippen LogP contribution in [-0.2, 0) is 6.42 Å². The van der Waals surface area contributed by atoms with E-state index >= 15 is 0 Å². The van der Waals surface area contributed by atoms with Crippen LogP contribution in [0.3, 0.4) is 0 Å². The Kier molecular flexibility index (Phi) is 4.84. The van der Waals surface area contributed by atoms with E-state index in [1.165, 1.54) is 5.56 Å². The van der Waals surface area contributed by atoms with Gasteiger partial charge in [-0.3, -0.25) is 0 Å². The maximum absolute atomic E-state index is 8.92. The molecule has 1 saturated carbocycles. The summed E-state index contributed by atoms with van der Waals surface area (Å²) in [6.45, 7) is 4.95. The number of nitrogens with zero attached hydrogens (tertiary/aromatic N) is 4. The van der Waals surface area contributed by atoms with E-state index in [1.807, 2.05) is 48.8 Å². The first kappa shape index (κ1) is 18.6. The lowest BCUT2D eigenvalue weighted by atomic mass is 10.0. The Hall–Kier alpha value is -3.39. The molecule has 30 heavy (non-hydrogen) atoms. The van der Waals surface area contributed by atoms with Crippen LogP contribution in [0.4, 0.5) is 5.95 Å². The predicted octanol–water partition coefficient (Wildman–Crippen LogP) is 4.34. The first-order chi connectivity index (χ1) is 14.7. The Morgan fingerprint density at radius 1 is 0.967 bits per heavy atom. The summed E-state index contributed by atoms with van der Waals surface area (Å²) in [5, 5.41) is 8.92. The van der Waals surface area contributed by atoms with Crippen molar-refractivity contribution in [3.8, 4) is 22.9 Å². The Bertz CT molecular complexity index is 1040. The van der Waals surface area contributed by atoms with Crippen LogP contribution in [0.5, 0.6) is 5.75 Å². The number of hydrogen-bond acceptors (Lipinski definition) is 5. The highest BCUT2D eigenvalue weighted by molar-refractivity contribution is 5.64. The van der Waals surface area contributed by atoms with Crippen molar-refractivity contribution in [2.45, 2.75) is 13.3 Å². The molecule has 1 aliphatic heterocycles. The van der Waals surface area contributed by atoms with Gasteiger partial charge in [-0.15, -0.1) is 0 Å². The molecule has 1 unspecified atom stereocenters. The minimum absolute atomic E-state index is 0.634. The van der Waals surface area contributed by atoms with E-state index < -0.39 is 0 Å². The Morgan fingerprint density at radius 2 is 1.57 bits per heavy atom. The number of anilines is 1. The maximum Gasteiger partial charge on any atom is 0.225 e. The maximum atomic E-state index is 8.92. The highest BCUT2D eigenvalue weighted by atomic mass is 16.5. The number of hydrogen-bond donors (Lipinski definition) is 0. The van der Waals surface area contributed by atoms with Crippen LogP contribution in [0.15, 0.2) is 60.9 Å². The highest BCUT2D eigenvalue weighted by Gasteiger charge is 2.56. The lowest BCUT2D eigenvalue weighted by Gasteiger charge is -2.19. The summed E-state index contributed by atoms with van der Waals surface area (Å²) in [7, 11) is 0. The van der Waals surface area contributed by atoms with Crippen molar-refractivity contribution in [2.75, 3.05) is 24.6 Å². The number of benzene rings is 2. The normalized spacial score (nSPS) is 21.7. The summed E-state index contributed by atoms with van der Waals surface area (Å²) in [4.78, 5) is 11.3. The van der Waals surface area contributed by atoms with E-state index in [2.05, 4.69) is 40.0 Å². The zero-order valence-corrected chi connectivity index (χ0v) is 17.0. The standard InChI is InChI=1S/C25H24N4O/c1-2-17-12-27-25(28-13-17)29-14-22-23(15-29)24(22)16-30-21-9-7-20(8-10-21)19-5-3-18(11-26)4-6-19/h3-10,12-13,22-24H,2,14-16H2,1H3/t22-,23?,24+/m1/s1. The molecule has 0 N–H and O–H groups in total. The topological polar surface area (TPSA) is 62.0 Å². The zero-order chi connectivity index (χ0) is 20.5. The van der Waals surface area contributed by atoms with E-state index in [-0.39, 0.29) is 0 Å². The van der Waals surface area contributed by atoms with Gasteiger partial charge in [0.25, 0.3) is 0 Å². The quantitative estimate of drug-likeness (QED) is 0.620. The monoisotopic (exact) mass is 396 g/mol. The fraction of sp³-hybridized carbons (Fsp3) is 0.320. The first-order valence-electron chi connectivity index (χ1n) is 10.5. The van der Waals surface area contributed by atoms with Crippen LogP contribution in [0.25, 0.3) is 11.1 Å². The number of aromatic nitrogens is 2. The van der Waals surface area contributed by atoms with E-state index in [0.717, 1.165) is 48.9 Å². The van der Waals surface area contributed by atoms with Gasteiger partial charge in [-0.2, -0.15) is 5.26 Å². The molecule has 1 aromatic heterocycles. The summed E-state index contributed by atoms with van der Waals surface area (Å²) in [6.07, 6.45) is 4.85. The third-order valence-electron chi connectivity index (χ3n) is 6.40. The van der Waals surface area contributed by atoms with E-state index in [4.69, 9.17) is 10.00 Å². The van der Waals surface area contributed by atoms with Gasteiger partial charge in [0, 0.05) is 31.4 Å². The van der Waals surface area contributed by atoms with E-state index in [0.29, 0.717) is 23.3 Å². The molecule has 3 atom stereocenters. The Labute approximate surface area is 177 Å². The molecule has 2 aromatic carbocycles. The minimum atomic E-state index is 0.634. The molecule has 0 spiro atoms. The van der Waals surface area contributed by atoms with Crippen LogP contribution in [-0.4, -0.2) is 29.7 Å². The van der Waals surface area contributed by atoms with Gasteiger partial charge in [0.05, 0.1) is 18.2 Å². The van der Waals surface area contributed by atoms with Gasteiger partial charge in [0.2, 0.25) is 5.95 Å². The molecule has 5 rings (SSSR count). The smallest absolute Gasteiger partial charge is 0.225 e. The molecular weight excluding hydrogens is 372 g/mol. The second-order valence-electron chi connectivity index (χ2n) is 8.17. The molecule has 5 heteroatoms. The van der Waals surface area contributed by atoms with Crippen LogP contribution >= 0.6 is 0 Å². The molecule has 0 amide bonds. The van der Waals surface area contributed by atoms with E-state index in [1.54, 1.807) is 0 Å². The van der Waals surface area contributed by atoms with Gasteiger partial charge < -0.3 is 9.64 Å². The average Bonchev–Trinajstić information content (AvgIpc) is 3.26. The molecule has 5 nitrogen and oxygen atoms in total. The predicted molar refractivity (Wildman–Crippen MR) is 116 cm³/mol. The fourth-order valence-corrected chi connectivity index (χ4v) is 4.43. The van der Waals surface area contributed by atoms with Gasteiger partial charge in [0.1, 0.15) is 5.75 Å². The van der Waals surface area contributed by atoms with Crippen molar-refractivity contribution >= 4 is 5.95 Å². The molecule has 150 valence electrons. The second-order valence-corrected chi connectivity index (χ2v) is 8.17. The van der Waals surface area contributed by atoms with E-state index in [9.17, 15) is 0 Å². The van der Waals surface area contributed by atoms with Crippen LogP contribution in [0.2, 0.25) is 0 Å². The molecule has 0 radical (unpaired) electrons. The SMILES string of the molecule is CCc1cnc(N2CC3[C@@H](COc4ccc(-c5ccc(C#N)cc5)cc4)[C@@H]3C2)nc1. The summed E-state index contributed by atoms with van der Waals surface area (Å²) in [6, 6.07) is 18.0. The molecule has 3 aromatic rings. The molecule has 2 fully saturated rings. The summed E-state index contributed by atoms with van der Waals surface area (Å²) in [5.74, 6) is 3.79. The fourth-order valence-electron chi connectivity index (χ4n) is 4.43. The number of nitriles is 1. The highest BCUT2D eigenvalue weighted by Crippen LogP contribution is 2.52. The van der Waals surface area contributed by atoms with Gasteiger partial charge in [0.15, 0.2) is 0 Å².